The first-order valence-electron chi connectivity index (χ1n) is 8.67. The summed E-state index contributed by atoms with van der Waals surface area (Å²) in [6.45, 7) is 3.16. The quantitative estimate of drug-likeness (QED) is 0.680. The minimum absolute atomic E-state index is 0.0769. The lowest BCUT2D eigenvalue weighted by atomic mass is 10.1. The molecule has 0 fully saturated rings. The van der Waals surface area contributed by atoms with E-state index in [9.17, 15) is 14.4 Å². The number of carboxylic acid groups (broad SMARTS) is 1. The van der Waals surface area contributed by atoms with E-state index in [0.29, 0.717) is 31.4 Å². The molecule has 0 saturated heterocycles. The number of allylic oxidation sites excluding steroid dienone is 1. The molecule has 1 aliphatic rings. The molecule has 8 heteroatoms. The molecule has 0 radical (unpaired) electrons. The van der Waals surface area contributed by atoms with Crippen molar-refractivity contribution in [3.05, 3.63) is 48.6 Å². The molecular weight excluding hydrogens is 350 g/mol. The number of hydrogen-bond acceptors (Lipinski definition) is 5. The smallest absolute Gasteiger partial charge is 0.408 e. The molecule has 0 aromatic heterocycles. The number of ether oxygens (including phenoxy) is 1. The van der Waals surface area contributed by atoms with Crippen molar-refractivity contribution in [2.75, 3.05) is 6.54 Å². The first-order valence-corrected chi connectivity index (χ1v) is 8.67. The summed E-state index contributed by atoms with van der Waals surface area (Å²) < 4.78 is 5.14. The molecule has 0 saturated carbocycles. The van der Waals surface area contributed by atoms with Crippen molar-refractivity contribution in [1.29, 1.82) is 0 Å². The predicted octanol–water partition coefficient (Wildman–Crippen LogP) is 2.31. The van der Waals surface area contributed by atoms with E-state index in [2.05, 4.69) is 17.0 Å². The third-order valence-corrected chi connectivity index (χ3v) is 3.96. The summed E-state index contributed by atoms with van der Waals surface area (Å²) in [5, 5.41) is 16.6. The topological polar surface area (TPSA) is 108 Å². The van der Waals surface area contributed by atoms with Crippen molar-refractivity contribution in [1.82, 2.24) is 10.3 Å². The van der Waals surface area contributed by atoms with Gasteiger partial charge >= 0.3 is 12.1 Å². The molecule has 2 rings (SSSR count). The molecule has 1 aromatic rings. The zero-order chi connectivity index (χ0) is 19.6. The molecule has 0 unspecified atom stereocenters. The van der Waals surface area contributed by atoms with Gasteiger partial charge in [-0.2, -0.15) is 5.10 Å². The molecule has 0 aliphatic carbocycles. The number of amides is 2. The van der Waals surface area contributed by atoms with Gasteiger partial charge in [-0.1, -0.05) is 36.4 Å². The maximum Gasteiger partial charge on any atom is 0.408 e. The van der Waals surface area contributed by atoms with E-state index in [4.69, 9.17) is 9.84 Å². The lowest BCUT2D eigenvalue weighted by Crippen LogP contribution is -2.47. The average Bonchev–Trinajstić information content (AvgIpc) is 2.79. The van der Waals surface area contributed by atoms with Crippen LogP contribution >= 0.6 is 0 Å². The molecule has 0 spiro atoms. The number of nitrogens with zero attached hydrogens (tertiary/aromatic N) is 2. The Morgan fingerprint density at radius 3 is 2.78 bits per heavy atom. The number of hydrazone groups is 1. The maximum absolute atomic E-state index is 12.6. The van der Waals surface area contributed by atoms with Gasteiger partial charge in [0.05, 0.1) is 0 Å². The van der Waals surface area contributed by atoms with Crippen LogP contribution in [0, 0.1) is 0 Å². The highest BCUT2D eigenvalue weighted by atomic mass is 16.5. The molecule has 1 aromatic carbocycles. The van der Waals surface area contributed by atoms with Crippen LogP contribution in [0.15, 0.2) is 48.1 Å². The number of benzene rings is 1. The van der Waals surface area contributed by atoms with Gasteiger partial charge in [0.25, 0.3) is 5.91 Å². The lowest BCUT2D eigenvalue weighted by Gasteiger charge is -2.20. The zero-order valence-electron chi connectivity index (χ0n) is 15.0. The standard InChI is InChI=1S/C19H23N3O5/c1-2-3-9-15-10-11-16(18(25)22(21-15)12-17(23)24)20-19(26)27-13-14-7-5-4-6-8-14/h2,4-8,16H,1,3,9-13H2,(H,20,26)(H,23,24)/t16-/m0/s1. The van der Waals surface area contributed by atoms with Crippen LogP contribution in [0.5, 0.6) is 0 Å². The van der Waals surface area contributed by atoms with Gasteiger partial charge in [-0.15, -0.1) is 6.58 Å². The van der Waals surface area contributed by atoms with Crippen LogP contribution < -0.4 is 5.32 Å². The molecule has 1 aliphatic heterocycles. The van der Waals surface area contributed by atoms with Gasteiger partial charge in [0, 0.05) is 5.71 Å². The number of alkyl carbamates (subject to hydrolysis) is 1. The summed E-state index contributed by atoms with van der Waals surface area (Å²) in [5.41, 5.74) is 1.52. The SMILES string of the molecule is C=CCCC1=NN(CC(=O)O)C(=O)[C@@H](NC(=O)OCc2ccccc2)CC1. The summed E-state index contributed by atoms with van der Waals surface area (Å²) in [7, 11) is 0. The van der Waals surface area contributed by atoms with E-state index in [1.165, 1.54) is 0 Å². The Balaban J connectivity index is 1.99. The van der Waals surface area contributed by atoms with Gasteiger partial charge in [-0.3, -0.25) is 9.59 Å². The summed E-state index contributed by atoms with van der Waals surface area (Å²) in [4.78, 5) is 35.7. The summed E-state index contributed by atoms with van der Waals surface area (Å²) in [6.07, 6.45) is 3.04. The third kappa shape index (κ3) is 6.58. The molecule has 27 heavy (non-hydrogen) atoms. The summed E-state index contributed by atoms with van der Waals surface area (Å²) >= 11 is 0. The number of carbonyl (C=O) groups is 3. The van der Waals surface area contributed by atoms with E-state index in [0.717, 1.165) is 10.6 Å². The normalized spacial score (nSPS) is 16.9. The van der Waals surface area contributed by atoms with Crippen molar-refractivity contribution in [3.8, 4) is 0 Å². The van der Waals surface area contributed by atoms with Crippen LogP contribution in [-0.4, -0.2) is 46.4 Å². The Bertz CT molecular complexity index is 717. The van der Waals surface area contributed by atoms with E-state index >= 15 is 0 Å². The van der Waals surface area contributed by atoms with Crippen LogP contribution in [0.1, 0.15) is 31.2 Å². The second kappa shape index (κ2) is 10.1. The Kier molecular flexibility index (Phi) is 7.54. The monoisotopic (exact) mass is 373 g/mol. The average molecular weight is 373 g/mol. The van der Waals surface area contributed by atoms with Crippen LogP contribution in [-0.2, 0) is 20.9 Å². The van der Waals surface area contributed by atoms with Gasteiger partial charge in [0.2, 0.25) is 0 Å². The van der Waals surface area contributed by atoms with Gasteiger partial charge < -0.3 is 15.2 Å². The predicted molar refractivity (Wildman–Crippen MR) is 99.0 cm³/mol. The highest BCUT2D eigenvalue weighted by Crippen LogP contribution is 2.14. The Morgan fingerprint density at radius 1 is 1.37 bits per heavy atom. The molecule has 8 nitrogen and oxygen atoms in total. The van der Waals surface area contributed by atoms with Crippen molar-refractivity contribution in [2.45, 2.75) is 38.3 Å². The lowest BCUT2D eigenvalue weighted by molar-refractivity contribution is -0.145. The van der Waals surface area contributed by atoms with Crippen molar-refractivity contribution in [3.63, 3.8) is 0 Å². The van der Waals surface area contributed by atoms with Crippen LogP contribution in [0.4, 0.5) is 4.79 Å². The fraction of sp³-hybridized carbons (Fsp3) is 0.368. The molecule has 2 N–H and O–H groups in total. The van der Waals surface area contributed by atoms with E-state index in [1.807, 2.05) is 30.3 Å². The van der Waals surface area contributed by atoms with Crippen LogP contribution in [0.25, 0.3) is 0 Å². The van der Waals surface area contributed by atoms with E-state index in [-0.39, 0.29) is 6.61 Å². The number of aliphatic carboxylic acids is 1. The number of hydrogen-bond donors (Lipinski definition) is 2. The number of carboxylic acids is 1. The van der Waals surface area contributed by atoms with Gasteiger partial charge in [0.1, 0.15) is 19.2 Å². The first kappa shape index (κ1) is 20.2. The minimum atomic E-state index is -1.18. The Morgan fingerprint density at radius 2 is 2.11 bits per heavy atom. The van der Waals surface area contributed by atoms with E-state index < -0.39 is 30.6 Å². The maximum atomic E-state index is 12.6. The van der Waals surface area contributed by atoms with Crippen LogP contribution in [0.2, 0.25) is 0 Å². The fourth-order valence-corrected chi connectivity index (χ4v) is 2.61. The van der Waals surface area contributed by atoms with E-state index in [1.54, 1.807) is 6.08 Å². The highest BCUT2D eigenvalue weighted by molar-refractivity contribution is 5.93. The first-order chi connectivity index (χ1) is 13.0. The number of nitrogens with one attached hydrogen (secondary N) is 1. The summed E-state index contributed by atoms with van der Waals surface area (Å²) in [5.74, 6) is -1.75. The second-order valence-electron chi connectivity index (χ2n) is 6.08. The molecule has 144 valence electrons. The van der Waals surface area contributed by atoms with Gasteiger partial charge in [0.15, 0.2) is 0 Å². The molecule has 2 amide bonds. The molecular formula is C19H23N3O5. The third-order valence-electron chi connectivity index (χ3n) is 3.96. The van der Waals surface area contributed by atoms with Crippen LogP contribution in [0.3, 0.4) is 0 Å². The van der Waals surface area contributed by atoms with Crippen molar-refractivity contribution in [2.24, 2.45) is 5.10 Å². The Hall–Kier alpha value is -3.16. The zero-order valence-corrected chi connectivity index (χ0v) is 15.0. The van der Waals surface area contributed by atoms with Crippen molar-refractivity contribution < 1.29 is 24.2 Å². The van der Waals surface area contributed by atoms with Crippen molar-refractivity contribution >= 4 is 23.7 Å². The second-order valence-corrected chi connectivity index (χ2v) is 6.08. The minimum Gasteiger partial charge on any atom is -0.480 e. The van der Waals surface area contributed by atoms with Gasteiger partial charge in [-0.25, -0.2) is 9.80 Å². The molecule has 0 bridgehead atoms. The highest BCUT2D eigenvalue weighted by Gasteiger charge is 2.30. The number of rotatable bonds is 8. The molecule has 1 atom stereocenters. The Labute approximate surface area is 157 Å². The van der Waals surface area contributed by atoms with Gasteiger partial charge in [-0.05, 0) is 31.2 Å². The fourth-order valence-electron chi connectivity index (χ4n) is 2.61. The molecule has 1 heterocycles. The largest absolute Gasteiger partial charge is 0.480 e. The number of carbonyl (C=O) groups excluding carboxylic acids is 2. The summed E-state index contributed by atoms with van der Waals surface area (Å²) in [6, 6.07) is 8.26.